The quantitative estimate of drug-likeness (QED) is 0.751. The number of rotatable bonds is 5. The third-order valence-electron chi connectivity index (χ3n) is 7.11. The molecule has 0 amide bonds. The largest absolute Gasteiger partial charge is 0.481 e. The van der Waals surface area contributed by atoms with Gasteiger partial charge < -0.3 is 14.6 Å². The topological polar surface area (TPSA) is 89.9 Å². The monoisotopic (exact) mass is 366 g/mol. The molecule has 26 heavy (non-hydrogen) atoms. The van der Waals surface area contributed by atoms with E-state index in [1.165, 1.54) is 0 Å². The molecule has 0 spiro atoms. The molecule has 1 heterocycles. The van der Waals surface area contributed by atoms with Crippen molar-refractivity contribution in [3.63, 3.8) is 0 Å². The summed E-state index contributed by atoms with van der Waals surface area (Å²) in [6.07, 6.45) is 4.22. The molecule has 0 aromatic rings. The SMILES string of the molecule is CCC(=O)O[C@H]1CC[C@@H]2[C@H]3CCC(=O)O[C@@H]3[C@](C)(CCC(=O)O)C[C@]12C. The summed E-state index contributed by atoms with van der Waals surface area (Å²) in [5, 5.41) is 9.18. The second kappa shape index (κ2) is 6.86. The van der Waals surface area contributed by atoms with E-state index in [4.69, 9.17) is 9.47 Å². The molecule has 1 saturated heterocycles. The number of carbonyl (C=O) groups is 3. The maximum Gasteiger partial charge on any atom is 0.306 e. The first-order valence-corrected chi connectivity index (χ1v) is 9.80. The summed E-state index contributed by atoms with van der Waals surface area (Å²) in [7, 11) is 0. The lowest BCUT2D eigenvalue weighted by Gasteiger charge is -2.57. The molecule has 1 aliphatic heterocycles. The number of hydrogen-bond acceptors (Lipinski definition) is 5. The third kappa shape index (κ3) is 3.23. The summed E-state index contributed by atoms with van der Waals surface area (Å²) >= 11 is 0. The van der Waals surface area contributed by atoms with Crippen LogP contribution >= 0.6 is 0 Å². The van der Waals surface area contributed by atoms with Crippen LogP contribution in [-0.4, -0.2) is 35.2 Å². The van der Waals surface area contributed by atoms with Crippen LogP contribution in [0.4, 0.5) is 0 Å². The maximum atomic E-state index is 12.0. The number of fused-ring (bicyclic) bond motifs is 3. The molecule has 0 aromatic carbocycles. The van der Waals surface area contributed by atoms with Crippen molar-refractivity contribution in [2.24, 2.45) is 22.7 Å². The summed E-state index contributed by atoms with van der Waals surface area (Å²) in [6.45, 7) is 6.03. The molecule has 3 aliphatic rings. The minimum atomic E-state index is -0.836. The standard InChI is InChI=1S/C20H30O6/c1-4-16(23)25-14-7-6-13-12-5-8-17(24)26-18(12)19(2,10-9-15(21)22)11-20(13,14)3/h12-14,18H,4-11H2,1-3H3,(H,21,22)/t12-,13-,14+,18+,19-,20+/m1/s1. The van der Waals surface area contributed by atoms with Crippen LogP contribution in [0.15, 0.2) is 0 Å². The molecule has 2 aliphatic carbocycles. The van der Waals surface area contributed by atoms with Gasteiger partial charge in [0.05, 0.1) is 0 Å². The number of carboxylic acid groups (broad SMARTS) is 1. The molecule has 1 N–H and O–H groups in total. The van der Waals surface area contributed by atoms with Crippen molar-refractivity contribution in [2.75, 3.05) is 0 Å². The Morgan fingerprint density at radius 3 is 2.65 bits per heavy atom. The summed E-state index contributed by atoms with van der Waals surface area (Å²) in [4.78, 5) is 35.1. The Morgan fingerprint density at radius 1 is 1.27 bits per heavy atom. The molecule has 6 atom stereocenters. The van der Waals surface area contributed by atoms with E-state index < -0.39 is 11.4 Å². The highest BCUT2D eigenvalue weighted by Crippen LogP contribution is 2.63. The van der Waals surface area contributed by atoms with Crippen LogP contribution in [0.5, 0.6) is 0 Å². The van der Waals surface area contributed by atoms with Crippen LogP contribution in [-0.2, 0) is 23.9 Å². The molecule has 2 saturated carbocycles. The first kappa shape index (κ1) is 19.2. The van der Waals surface area contributed by atoms with E-state index >= 15 is 0 Å². The van der Waals surface area contributed by atoms with Gasteiger partial charge in [0.15, 0.2) is 0 Å². The number of esters is 2. The van der Waals surface area contributed by atoms with Crippen molar-refractivity contribution in [3.8, 4) is 0 Å². The highest BCUT2D eigenvalue weighted by atomic mass is 16.6. The molecule has 0 aromatic heterocycles. The number of hydrogen-bond donors (Lipinski definition) is 1. The van der Waals surface area contributed by atoms with Gasteiger partial charge >= 0.3 is 17.9 Å². The molecular formula is C20H30O6. The Balaban J connectivity index is 1.91. The van der Waals surface area contributed by atoms with Crippen LogP contribution in [0, 0.1) is 22.7 Å². The zero-order chi connectivity index (χ0) is 19.1. The van der Waals surface area contributed by atoms with Crippen molar-refractivity contribution in [3.05, 3.63) is 0 Å². The first-order chi connectivity index (χ1) is 12.2. The van der Waals surface area contributed by atoms with Crippen LogP contribution in [0.1, 0.15) is 72.1 Å². The average molecular weight is 366 g/mol. The van der Waals surface area contributed by atoms with E-state index in [0.717, 1.165) is 19.3 Å². The van der Waals surface area contributed by atoms with E-state index in [9.17, 15) is 19.5 Å². The lowest BCUT2D eigenvalue weighted by atomic mass is 9.51. The first-order valence-electron chi connectivity index (χ1n) is 9.80. The van der Waals surface area contributed by atoms with Crippen LogP contribution in [0.3, 0.4) is 0 Å². The number of ether oxygens (including phenoxy) is 2. The van der Waals surface area contributed by atoms with E-state index in [-0.39, 0.29) is 41.9 Å². The second-order valence-electron chi connectivity index (χ2n) is 8.86. The molecule has 0 unspecified atom stereocenters. The Kier molecular flexibility index (Phi) is 5.06. The van der Waals surface area contributed by atoms with E-state index in [1.807, 2.05) is 6.92 Å². The number of carboxylic acids is 1. The fourth-order valence-electron chi connectivity index (χ4n) is 6.00. The Labute approximate surface area is 154 Å². The number of carbonyl (C=O) groups excluding carboxylic acids is 2. The summed E-state index contributed by atoms with van der Waals surface area (Å²) in [5.74, 6) is -0.633. The predicted molar refractivity (Wildman–Crippen MR) is 93.2 cm³/mol. The fourth-order valence-corrected chi connectivity index (χ4v) is 6.00. The second-order valence-corrected chi connectivity index (χ2v) is 8.86. The minimum Gasteiger partial charge on any atom is -0.481 e. The minimum absolute atomic E-state index is 0.0530. The van der Waals surface area contributed by atoms with Gasteiger partial charge in [-0.05, 0) is 38.0 Å². The smallest absolute Gasteiger partial charge is 0.306 e. The molecule has 6 nitrogen and oxygen atoms in total. The Morgan fingerprint density at radius 2 is 2.00 bits per heavy atom. The molecule has 0 radical (unpaired) electrons. The van der Waals surface area contributed by atoms with Gasteiger partial charge in [-0.3, -0.25) is 14.4 Å². The van der Waals surface area contributed by atoms with Crippen molar-refractivity contribution in [2.45, 2.75) is 84.3 Å². The van der Waals surface area contributed by atoms with Crippen LogP contribution in [0.2, 0.25) is 0 Å². The molecule has 6 heteroatoms. The lowest BCUT2D eigenvalue weighted by molar-refractivity contribution is -0.203. The predicted octanol–water partition coefficient (Wildman–Crippen LogP) is 3.32. The fraction of sp³-hybridized carbons (Fsp3) is 0.850. The molecule has 146 valence electrons. The van der Waals surface area contributed by atoms with Crippen molar-refractivity contribution >= 4 is 17.9 Å². The van der Waals surface area contributed by atoms with Crippen LogP contribution in [0.25, 0.3) is 0 Å². The van der Waals surface area contributed by atoms with Gasteiger partial charge in [-0.2, -0.15) is 0 Å². The summed E-state index contributed by atoms with van der Waals surface area (Å²) < 4.78 is 11.6. The van der Waals surface area contributed by atoms with Crippen molar-refractivity contribution < 1.29 is 29.0 Å². The van der Waals surface area contributed by atoms with E-state index in [1.54, 1.807) is 6.92 Å². The van der Waals surface area contributed by atoms with Gasteiger partial charge in [-0.1, -0.05) is 20.8 Å². The molecule has 3 rings (SSSR count). The van der Waals surface area contributed by atoms with E-state index in [2.05, 4.69) is 6.92 Å². The number of aliphatic carboxylic acids is 1. The van der Waals surface area contributed by atoms with Gasteiger partial charge in [0, 0.05) is 36.0 Å². The van der Waals surface area contributed by atoms with Gasteiger partial charge in [-0.25, -0.2) is 0 Å². The van der Waals surface area contributed by atoms with E-state index in [0.29, 0.717) is 31.6 Å². The highest BCUT2D eigenvalue weighted by Gasteiger charge is 2.63. The molecule has 3 fully saturated rings. The van der Waals surface area contributed by atoms with Crippen LogP contribution < -0.4 is 0 Å². The zero-order valence-corrected chi connectivity index (χ0v) is 16.0. The average Bonchev–Trinajstić information content (AvgIpc) is 2.89. The maximum absolute atomic E-state index is 12.0. The molecular weight excluding hydrogens is 336 g/mol. The van der Waals surface area contributed by atoms with Crippen molar-refractivity contribution in [1.29, 1.82) is 0 Å². The Bertz CT molecular complexity index is 601. The molecule has 0 bridgehead atoms. The van der Waals surface area contributed by atoms with Gasteiger partial charge in [0.1, 0.15) is 12.2 Å². The van der Waals surface area contributed by atoms with Gasteiger partial charge in [0.25, 0.3) is 0 Å². The zero-order valence-electron chi connectivity index (χ0n) is 16.0. The Hall–Kier alpha value is -1.59. The van der Waals surface area contributed by atoms with Gasteiger partial charge in [-0.15, -0.1) is 0 Å². The van der Waals surface area contributed by atoms with Crippen molar-refractivity contribution in [1.82, 2.24) is 0 Å². The lowest BCUT2D eigenvalue weighted by Crippen LogP contribution is -2.58. The third-order valence-corrected chi connectivity index (χ3v) is 7.11. The normalized spacial score (nSPS) is 41.7. The summed E-state index contributed by atoms with van der Waals surface area (Å²) in [6, 6.07) is 0. The highest BCUT2D eigenvalue weighted by molar-refractivity contribution is 5.71. The van der Waals surface area contributed by atoms with Gasteiger partial charge in [0.2, 0.25) is 0 Å². The summed E-state index contributed by atoms with van der Waals surface area (Å²) in [5.41, 5.74) is -0.603.